The molecule has 1 atom stereocenters. The van der Waals surface area contributed by atoms with Crippen molar-refractivity contribution in [2.45, 2.75) is 84.6 Å². The number of hydrogen-bond acceptors (Lipinski definition) is 3. The molecule has 3 amide bonds. The summed E-state index contributed by atoms with van der Waals surface area (Å²) in [5.74, 6) is -0.224. The summed E-state index contributed by atoms with van der Waals surface area (Å²) in [5, 5.41) is 2.37. The first-order valence-electron chi connectivity index (χ1n) is 10.2. The van der Waals surface area contributed by atoms with E-state index in [1.807, 2.05) is 13.0 Å². The quantitative estimate of drug-likeness (QED) is 0.695. The van der Waals surface area contributed by atoms with Crippen LogP contribution in [0.25, 0.3) is 0 Å². The number of amides is 3. The normalized spacial score (nSPS) is 17.1. The van der Waals surface area contributed by atoms with Crippen molar-refractivity contribution in [3.63, 3.8) is 0 Å². The number of hydrogen-bond donors (Lipinski definition) is 1. The van der Waals surface area contributed by atoms with E-state index in [1.54, 1.807) is 11.8 Å². The maximum absolute atomic E-state index is 12.7. The largest absolute Gasteiger partial charge is 0.300 e. The van der Waals surface area contributed by atoms with E-state index in [0.717, 1.165) is 36.9 Å². The molecule has 5 heteroatoms. The molecule has 0 aromatic heterocycles. The molecule has 27 heavy (non-hydrogen) atoms. The first-order valence-corrected chi connectivity index (χ1v) is 10.2. The third-order valence-electron chi connectivity index (χ3n) is 5.32. The number of carbonyl (C=O) groups is 3. The fourth-order valence-electron chi connectivity index (χ4n) is 3.95. The lowest BCUT2D eigenvalue weighted by atomic mass is 9.89. The number of aryl methyl sites for hydroxylation is 1. The van der Waals surface area contributed by atoms with Crippen molar-refractivity contribution in [2.24, 2.45) is 0 Å². The second-order valence-corrected chi connectivity index (χ2v) is 7.40. The number of nitrogens with one attached hydrogen (secondary N) is 1. The average Bonchev–Trinajstić information content (AvgIpc) is 2.64. The first kappa shape index (κ1) is 21.1. The number of piperidine rings is 1. The van der Waals surface area contributed by atoms with Crippen molar-refractivity contribution >= 4 is 23.4 Å². The molecule has 1 fully saturated rings. The van der Waals surface area contributed by atoms with E-state index in [1.165, 1.54) is 5.56 Å². The molecule has 148 valence electrons. The Bertz CT molecular complexity index is 693. The molecule has 5 nitrogen and oxygen atoms in total. The van der Waals surface area contributed by atoms with Gasteiger partial charge in [0.2, 0.25) is 17.7 Å². The number of imide groups is 1. The Balaban J connectivity index is 2.37. The molecule has 0 spiro atoms. The Morgan fingerprint density at radius 2 is 1.85 bits per heavy atom. The van der Waals surface area contributed by atoms with Gasteiger partial charge in [0.25, 0.3) is 0 Å². The van der Waals surface area contributed by atoms with Crippen LogP contribution in [0.15, 0.2) is 18.2 Å². The highest BCUT2D eigenvalue weighted by atomic mass is 16.2. The minimum absolute atomic E-state index is 0.0981. The molecule has 2 rings (SSSR count). The van der Waals surface area contributed by atoms with Crippen LogP contribution < -0.4 is 10.2 Å². The Kier molecular flexibility index (Phi) is 7.57. The highest BCUT2D eigenvalue weighted by molar-refractivity contribution is 6.07. The van der Waals surface area contributed by atoms with Crippen molar-refractivity contribution < 1.29 is 14.4 Å². The van der Waals surface area contributed by atoms with Gasteiger partial charge in [0.15, 0.2) is 0 Å². The van der Waals surface area contributed by atoms with Gasteiger partial charge in [0.05, 0.1) is 0 Å². The van der Waals surface area contributed by atoms with E-state index in [-0.39, 0.29) is 24.1 Å². The number of carbonyl (C=O) groups excluding carboxylic acids is 3. The zero-order valence-electron chi connectivity index (χ0n) is 17.0. The summed E-state index contributed by atoms with van der Waals surface area (Å²) < 4.78 is 0. The van der Waals surface area contributed by atoms with E-state index >= 15 is 0 Å². The molecule has 1 aromatic carbocycles. The fraction of sp³-hybridized carbons (Fsp3) is 0.591. The molecule has 1 aromatic rings. The molecular weight excluding hydrogens is 340 g/mol. The molecule has 1 aliphatic rings. The summed E-state index contributed by atoms with van der Waals surface area (Å²) >= 11 is 0. The van der Waals surface area contributed by atoms with Crippen LogP contribution in [0.2, 0.25) is 0 Å². The van der Waals surface area contributed by atoms with E-state index < -0.39 is 6.04 Å². The highest BCUT2D eigenvalue weighted by Crippen LogP contribution is 2.32. The van der Waals surface area contributed by atoms with Gasteiger partial charge in [-0.05, 0) is 49.3 Å². The Labute approximate surface area is 162 Å². The van der Waals surface area contributed by atoms with Crippen LogP contribution in [-0.4, -0.2) is 23.8 Å². The predicted molar refractivity (Wildman–Crippen MR) is 108 cm³/mol. The molecule has 1 saturated heterocycles. The van der Waals surface area contributed by atoms with Crippen LogP contribution >= 0.6 is 0 Å². The lowest BCUT2D eigenvalue weighted by molar-refractivity contribution is -0.135. The summed E-state index contributed by atoms with van der Waals surface area (Å²) in [6, 6.07) is 5.61. The number of nitrogens with zero attached hydrogens (tertiary/aromatic N) is 1. The molecule has 0 radical (unpaired) electrons. The minimum Gasteiger partial charge on any atom is -0.300 e. The van der Waals surface area contributed by atoms with E-state index in [4.69, 9.17) is 0 Å². The van der Waals surface area contributed by atoms with Crippen LogP contribution in [0.5, 0.6) is 0 Å². The predicted octanol–water partition coefficient (Wildman–Crippen LogP) is 4.23. The summed E-state index contributed by atoms with van der Waals surface area (Å²) in [6.45, 7) is 8.20. The number of benzene rings is 1. The Morgan fingerprint density at radius 3 is 2.37 bits per heavy atom. The van der Waals surface area contributed by atoms with Crippen LogP contribution in [0, 0.1) is 6.92 Å². The monoisotopic (exact) mass is 372 g/mol. The molecule has 0 aliphatic carbocycles. The summed E-state index contributed by atoms with van der Waals surface area (Å²) in [5.41, 5.74) is 3.06. The van der Waals surface area contributed by atoms with Crippen molar-refractivity contribution in [3.05, 3.63) is 29.3 Å². The molecule has 1 N–H and O–H groups in total. The van der Waals surface area contributed by atoms with Gasteiger partial charge in [-0.1, -0.05) is 45.7 Å². The Morgan fingerprint density at radius 1 is 1.19 bits per heavy atom. The Hall–Kier alpha value is -2.17. The van der Waals surface area contributed by atoms with Gasteiger partial charge in [-0.3, -0.25) is 24.6 Å². The average molecular weight is 373 g/mol. The number of rotatable bonds is 8. The van der Waals surface area contributed by atoms with E-state index in [0.29, 0.717) is 18.8 Å². The van der Waals surface area contributed by atoms with Gasteiger partial charge in [-0.2, -0.15) is 0 Å². The lowest BCUT2D eigenvalue weighted by Gasteiger charge is -2.34. The standard InChI is InChI=1S/C22H32N2O3/c1-5-8-16(9-6-2)17-10-11-18(15(4)14-17)24(21(26)7-3)19-12-13-20(25)23-22(19)27/h10-11,14,16,19H,5-9,12-13H2,1-4H3,(H,23,25,27). The molecule has 0 saturated carbocycles. The third-order valence-corrected chi connectivity index (χ3v) is 5.32. The van der Waals surface area contributed by atoms with Gasteiger partial charge in [0.1, 0.15) is 6.04 Å². The second-order valence-electron chi connectivity index (χ2n) is 7.40. The lowest BCUT2D eigenvalue weighted by Crippen LogP contribution is -2.54. The van der Waals surface area contributed by atoms with Gasteiger partial charge in [-0.15, -0.1) is 0 Å². The summed E-state index contributed by atoms with van der Waals surface area (Å²) in [4.78, 5) is 38.1. The zero-order valence-corrected chi connectivity index (χ0v) is 17.0. The maximum Gasteiger partial charge on any atom is 0.249 e. The molecule has 1 unspecified atom stereocenters. The summed E-state index contributed by atoms with van der Waals surface area (Å²) in [6.07, 6.45) is 5.52. The number of anilines is 1. The van der Waals surface area contributed by atoms with Crippen molar-refractivity contribution in [1.29, 1.82) is 0 Å². The molecule has 1 heterocycles. The van der Waals surface area contributed by atoms with E-state index in [2.05, 4.69) is 31.3 Å². The summed E-state index contributed by atoms with van der Waals surface area (Å²) in [7, 11) is 0. The van der Waals surface area contributed by atoms with Crippen LogP contribution in [-0.2, 0) is 14.4 Å². The fourth-order valence-corrected chi connectivity index (χ4v) is 3.95. The molecule has 1 aliphatic heterocycles. The highest BCUT2D eigenvalue weighted by Gasteiger charge is 2.35. The zero-order chi connectivity index (χ0) is 20.0. The first-order chi connectivity index (χ1) is 12.9. The van der Waals surface area contributed by atoms with Gasteiger partial charge < -0.3 is 0 Å². The third kappa shape index (κ3) is 4.96. The van der Waals surface area contributed by atoms with Gasteiger partial charge in [0, 0.05) is 18.5 Å². The topological polar surface area (TPSA) is 66.5 Å². The SMILES string of the molecule is CCCC(CCC)c1ccc(N(C(=O)CC)C2CCC(=O)NC2=O)c(C)c1. The van der Waals surface area contributed by atoms with Gasteiger partial charge in [-0.25, -0.2) is 0 Å². The maximum atomic E-state index is 12.7. The van der Waals surface area contributed by atoms with Crippen molar-refractivity contribution in [1.82, 2.24) is 5.32 Å². The smallest absolute Gasteiger partial charge is 0.249 e. The molecular formula is C22H32N2O3. The van der Waals surface area contributed by atoms with Gasteiger partial charge >= 0.3 is 0 Å². The van der Waals surface area contributed by atoms with Crippen LogP contribution in [0.3, 0.4) is 0 Å². The van der Waals surface area contributed by atoms with E-state index in [9.17, 15) is 14.4 Å². The van der Waals surface area contributed by atoms with Crippen molar-refractivity contribution in [3.8, 4) is 0 Å². The van der Waals surface area contributed by atoms with Crippen LogP contribution in [0.1, 0.15) is 82.8 Å². The second kappa shape index (κ2) is 9.67. The van der Waals surface area contributed by atoms with Crippen molar-refractivity contribution in [2.75, 3.05) is 4.90 Å². The van der Waals surface area contributed by atoms with Crippen LogP contribution in [0.4, 0.5) is 5.69 Å². The minimum atomic E-state index is -0.623. The molecule has 0 bridgehead atoms.